The fraction of sp³-hybridized carbons (Fsp3) is 0.697. The summed E-state index contributed by atoms with van der Waals surface area (Å²) in [6.07, 6.45) is 8.14. The number of carboxylic acids is 1. The maximum Gasteiger partial charge on any atom is 0.306 e. The van der Waals surface area contributed by atoms with Crippen LogP contribution in [-0.4, -0.2) is 34.9 Å². The summed E-state index contributed by atoms with van der Waals surface area (Å²) < 4.78 is 5.26. The topological polar surface area (TPSA) is 83.8 Å². The molecule has 212 valence electrons. The quantitative estimate of drug-likeness (QED) is 0.218. The molecule has 38 heavy (non-hydrogen) atoms. The van der Waals surface area contributed by atoms with Gasteiger partial charge in [-0.1, -0.05) is 71.1 Å². The second kappa shape index (κ2) is 11.2. The number of aliphatic hydroxyl groups excluding tert-OH is 1. The van der Waals surface area contributed by atoms with Crippen LogP contribution in [0.15, 0.2) is 47.6 Å². The Morgan fingerprint density at radius 1 is 1.13 bits per heavy atom. The number of aliphatic carboxylic acids is 1. The number of hydrogen-bond acceptors (Lipinski definition) is 4. The molecule has 0 spiro atoms. The molecule has 1 fully saturated rings. The highest BCUT2D eigenvalue weighted by Gasteiger charge is 2.65. The third kappa shape index (κ3) is 5.08. The second-order valence-electron chi connectivity index (χ2n) is 13.1. The maximum absolute atomic E-state index is 12.6. The Morgan fingerprint density at radius 2 is 1.79 bits per heavy atom. The van der Waals surface area contributed by atoms with E-state index in [-0.39, 0.29) is 28.6 Å². The summed E-state index contributed by atoms with van der Waals surface area (Å²) in [7, 11) is 0. The molecule has 3 rings (SSSR count). The van der Waals surface area contributed by atoms with Crippen molar-refractivity contribution in [3.63, 3.8) is 0 Å². The Balaban J connectivity index is 2.02. The third-order valence-corrected chi connectivity index (χ3v) is 10.7. The predicted molar refractivity (Wildman–Crippen MR) is 152 cm³/mol. The third-order valence-electron chi connectivity index (χ3n) is 10.7. The molecule has 0 aromatic heterocycles. The van der Waals surface area contributed by atoms with Crippen molar-refractivity contribution in [3.05, 3.63) is 47.6 Å². The van der Waals surface area contributed by atoms with E-state index in [4.69, 9.17) is 4.74 Å². The number of rotatable bonds is 11. The van der Waals surface area contributed by atoms with Gasteiger partial charge in [-0.05, 0) is 86.2 Å². The van der Waals surface area contributed by atoms with E-state index in [1.807, 2.05) is 6.92 Å². The van der Waals surface area contributed by atoms with Crippen LogP contribution in [0, 0.1) is 39.9 Å². The van der Waals surface area contributed by atoms with Crippen molar-refractivity contribution in [1.29, 1.82) is 0 Å². The van der Waals surface area contributed by atoms with Crippen LogP contribution >= 0.6 is 0 Å². The molecule has 5 nitrogen and oxygen atoms in total. The Labute approximate surface area is 230 Å². The van der Waals surface area contributed by atoms with Crippen molar-refractivity contribution in [3.8, 4) is 0 Å². The summed E-state index contributed by atoms with van der Waals surface area (Å²) in [6, 6.07) is 0. The molecule has 5 heteroatoms. The lowest BCUT2D eigenvalue weighted by Crippen LogP contribution is -2.48. The van der Waals surface area contributed by atoms with Crippen molar-refractivity contribution in [1.82, 2.24) is 0 Å². The van der Waals surface area contributed by atoms with Crippen molar-refractivity contribution >= 4 is 11.9 Å². The first-order valence-electron chi connectivity index (χ1n) is 14.4. The second-order valence-corrected chi connectivity index (χ2v) is 13.1. The molecule has 0 unspecified atom stereocenters. The smallest absolute Gasteiger partial charge is 0.306 e. The Bertz CT molecular complexity index is 1030. The van der Waals surface area contributed by atoms with E-state index in [1.54, 1.807) is 0 Å². The van der Waals surface area contributed by atoms with E-state index in [9.17, 15) is 19.8 Å². The van der Waals surface area contributed by atoms with E-state index >= 15 is 0 Å². The lowest BCUT2D eigenvalue weighted by atomic mass is 9.48. The first-order valence-corrected chi connectivity index (χ1v) is 14.4. The van der Waals surface area contributed by atoms with Crippen LogP contribution in [0.2, 0.25) is 0 Å². The van der Waals surface area contributed by atoms with Gasteiger partial charge >= 0.3 is 11.9 Å². The van der Waals surface area contributed by atoms with Gasteiger partial charge in [-0.2, -0.15) is 0 Å². The van der Waals surface area contributed by atoms with Crippen LogP contribution in [0.5, 0.6) is 0 Å². The van der Waals surface area contributed by atoms with Crippen LogP contribution in [0.1, 0.15) is 93.4 Å². The van der Waals surface area contributed by atoms with Gasteiger partial charge in [0.25, 0.3) is 0 Å². The molecular weight excluding hydrogens is 476 g/mol. The van der Waals surface area contributed by atoms with E-state index in [1.165, 1.54) is 11.1 Å². The monoisotopic (exact) mass is 526 g/mol. The van der Waals surface area contributed by atoms with Gasteiger partial charge in [0.2, 0.25) is 0 Å². The van der Waals surface area contributed by atoms with Crippen molar-refractivity contribution in [2.75, 3.05) is 6.61 Å². The Morgan fingerprint density at radius 3 is 2.34 bits per heavy atom. The zero-order valence-corrected chi connectivity index (χ0v) is 24.7. The number of carboxylic acid groups (broad SMARTS) is 1. The number of hydrogen-bond donors (Lipinski definition) is 2. The van der Waals surface area contributed by atoms with Gasteiger partial charge in [-0.3, -0.25) is 9.59 Å². The number of carbonyl (C=O) groups is 2. The lowest BCUT2D eigenvalue weighted by molar-refractivity contribution is -0.148. The molecule has 0 radical (unpaired) electrons. The van der Waals surface area contributed by atoms with Crippen LogP contribution in [0.4, 0.5) is 0 Å². The van der Waals surface area contributed by atoms with Crippen molar-refractivity contribution < 1.29 is 24.5 Å². The maximum atomic E-state index is 12.6. The molecule has 0 bridgehead atoms. The number of allylic oxidation sites excluding steroid dienone is 6. The molecule has 0 saturated heterocycles. The average Bonchev–Trinajstić information content (AvgIpc) is 3.03. The van der Waals surface area contributed by atoms with E-state index < -0.39 is 23.4 Å². The van der Waals surface area contributed by atoms with Gasteiger partial charge in [0.15, 0.2) is 0 Å². The molecule has 0 amide bonds. The normalized spacial score (nSPS) is 35.0. The molecule has 7 atom stereocenters. The number of fused-ring (bicyclic) bond motifs is 3. The molecule has 0 aromatic carbocycles. The molecule has 0 aromatic rings. The van der Waals surface area contributed by atoms with E-state index in [0.29, 0.717) is 51.0 Å². The summed E-state index contributed by atoms with van der Waals surface area (Å²) in [5.74, 6) is -1.49. The molecule has 0 heterocycles. The minimum atomic E-state index is -0.829. The number of aliphatic hydroxyl groups is 1. The summed E-state index contributed by atoms with van der Waals surface area (Å²) in [5.41, 5.74) is 3.59. The summed E-state index contributed by atoms with van der Waals surface area (Å²) in [4.78, 5) is 25.0. The average molecular weight is 527 g/mol. The van der Waals surface area contributed by atoms with Crippen molar-refractivity contribution in [2.45, 2.75) is 99.5 Å². The van der Waals surface area contributed by atoms with E-state index in [0.717, 1.165) is 17.6 Å². The molecule has 3 aliphatic rings. The largest absolute Gasteiger partial charge is 0.481 e. The van der Waals surface area contributed by atoms with Crippen LogP contribution < -0.4 is 0 Å². The minimum Gasteiger partial charge on any atom is -0.481 e. The zero-order valence-electron chi connectivity index (χ0n) is 24.7. The SMILES string of the molecule is C=C(CC[C@H](C(=O)O)[C@@H]1[C@@H](O)C[C@]2(C)C3=CC[C@H](C(=C)C)[C@@](C)(CCC(=O)OCC)C3=CC[C@@]12C)C(C)C. The zero-order chi connectivity index (χ0) is 28.6. The highest BCUT2D eigenvalue weighted by Crippen LogP contribution is 2.70. The standard InChI is InChI=1S/C33H50O5/c1-10-38-28(35)16-17-31(7)24(21(4)5)13-14-26-25(31)15-18-32(8)29(27(34)19-33(26,32)9)23(30(36)37)12-11-22(6)20(2)3/h14-15,20,23-24,27,29,34H,4,6,10-13,16-19H2,1-3,5,7-9H3,(H,36,37)/t23-,24+,27-,29+,31+,32-,33+/m0/s1. The minimum absolute atomic E-state index is 0.179. The predicted octanol–water partition coefficient (Wildman–Crippen LogP) is 7.28. The Kier molecular flexibility index (Phi) is 8.92. The number of ether oxygens (including phenoxy) is 1. The van der Waals surface area contributed by atoms with E-state index in [2.05, 4.69) is 66.9 Å². The summed E-state index contributed by atoms with van der Waals surface area (Å²) >= 11 is 0. The van der Waals surface area contributed by atoms with Crippen LogP contribution in [0.25, 0.3) is 0 Å². The molecule has 2 N–H and O–H groups in total. The van der Waals surface area contributed by atoms with Crippen LogP contribution in [-0.2, 0) is 14.3 Å². The number of esters is 1. The summed E-state index contributed by atoms with van der Waals surface area (Å²) in [5, 5.41) is 21.9. The first-order chi connectivity index (χ1) is 17.6. The highest BCUT2D eigenvalue weighted by molar-refractivity contribution is 5.71. The highest BCUT2D eigenvalue weighted by atomic mass is 16.5. The van der Waals surface area contributed by atoms with Gasteiger partial charge < -0.3 is 14.9 Å². The molecular formula is C33H50O5. The van der Waals surface area contributed by atoms with Gasteiger partial charge in [-0.25, -0.2) is 0 Å². The first kappa shape index (κ1) is 30.4. The number of carbonyl (C=O) groups excluding carboxylic acids is 1. The van der Waals surface area contributed by atoms with Gasteiger partial charge in [0, 0.05) is 17.8 Å². The fourth-order valence-corrected chi connectivity index (χ4v) is 8.08. The molecule has 1 saturated carbocycles. The van der Waals surface area contributed by atoms with Gasteiger partial charge in [0.1, 0.15) is 0 Å². The molecule has 3 aliphatic carbocycles. The lowest BCUT2D eigenvalue weighted by Gasteiger charge is -2.56. The van der Waals surface area contributed by atoms with Crippen molar-refractivity contribution in [2.24, 2.45) is 39.9 Å². The van der Waals surface area contributed by atoms with Gasteiger partial charge in [0.05, 0.1) is 18.6 Å². The summed E-state index contributed by atoms with van der Waals surface area (Å²) in [6.45, 7) is 23.6. The van der Waals surface area contributed by atoms with Gasteiger partial charge in [-0.15, -0.1) is 0 Å². The Hall–Kier alpha value is -2.14. The van der Waals surface area contributed by atoms with Crippen LogP contribution in [0.3, 0.4) is 0 Å². The molecule has 0 aliphatic heterocycles. The fourth-order valence-electron chi connectivity index (χ4n) is 8.08.